The summed E-state index contributed by atoms with van der Waals surface area (Å²) in [7, 11) is 0. The van der Waals surface area contributed by atoms with Crippen LogP contribution in [0.1, 0.15) is 51.0 Å². The minimum Gasteiger partial charge on any atom is -0.333 e. The molecule has 1 aromatic carbocycles. The molecule has 2 atom stereocenters. The molecule has 2 N–H and O–H groups in total. The largest absolute Gasteiger partial charge is 0.333 e. The van der Waals surface area contributed by atoms with Crippen molar-refractivity contribution >= 4 is 17.5 Å². The zero-order valence-electron chi connectivity index (χ0n) is 16.0. The van der Waals surface area contributed by atoms with Crippen LogP contribution in [0.4, 0.5) is 5.69 Å². The second kappa shape index (κ2) is 8.67. The number of amides is 2. The summed E-state index contributed by atoms with van der Waals surface area (Å²) in [4.78, 5) is 27.0. The second-order valence-corrected chi connectivity index (χ2v) is 7.86. The number of hydrogen-bond acceptors (Lipinski definition) is 3. The maximum Gasteiger partial charge on any atom is 0.244 e. The highest BCUT2D eigenvalue weighted by molar-refractivity contribution is 5.95. The van der Waals surface area contributed by atoms with E-state index >= 15 is 0 Å². The maximum absolute atomic E-state index is 12.8. The molecule has 3 rings (SSSR count). The molecule has 0 aromatic heterocycles. The number of piperidine rings is 1. The number of fused-ring (bicyclic) bond motifs is 2. The Balaban J connectivity index is 1.54. The molecule has 0 spiro atoms. The van der Waals surface area contributed by atoms with Gasteiger partial charge in [-0.3, -0.25) is 9.59 Å². The van der Waals surface area contributed by atoms with Crippen LogP contribution < -0.4 is 10.6 Å². The molecule has 2 aliphatic heterocycles. The number of para-hydroxylation sites is 1. The number of rotatable bonds is 7. The summed E-state index contributed by atoms with van der Waals surface area (Å²) < 4.78 is 0. The van der Waals surface area contributed by atoms with Gasteiger partial charge in [0.05, 0.1) is 6.54 Å². The lowest BCUT2D eigenvalue weighted by atomic mass is 9.89. The first kappa shape index (κ1) is 18.9. The van der Waals surface area contributed by atoms with E-state index in [1.54, 1.807) is 4.90 Å². The van der Waals surface area contributed by atoms with E-state index in [9.17, 15) is 9.59 Å². The summed E-state index contributed by atoms with van der Waals surface area (Å²) in [6, 6.07) is 8.90. The summed E-state index contributed by atoms with van der Waals surface area (Å²) in [5.74, 6) is 0.463. The Hall–Kier alpha value is -1.88. The molecular formula is C21H31N3O2. The van der Waals surface area contributed by atoms with Crippen molar-refractivity contribution in [3.05, 3.63) is 29.8 Å². The molecule has 2 bridgehead atoms. The molecule has 2 saturated heterocycles. The monoisotopic (exact) mass is 357 g/mol. The quantitative estimate of drug-likeness (QED) is 0.788. The van der Waals surface area contributed by atoms with Crippen LogP contribution in [-0.2, 0) is 9.59 Å². The lowest BCUT2D eigenvalue weighted by molar-refractivity contribution is -0.135. The van der Waals surface area contributed by atoms with Gasteiger partial charge in [-0.15, -0.1) is 0 Å². The smallest absolute Gasteiger partial charge is 0.244 e. The summed E-state index contributed by atoms with van der Waals surface area (Å²) in [5.41, 5.74) is 1.84. The predicted octanol–water partition coefficient (Wildman–Crippen LogP) is 3.09. The third-order valence-corrected chi connectivity index (χ3v) is 5.63. The van der Waals surface area contributed by atoms with Crippen LogP contribution >= 0.6 is 0 Å². The Morgan fingerprint density at radius 2 is 1.88 bits per heavy atom. The van der Waals surface area contributed by atoms with Crippen LogP contribution in [0, 0.1) is 12.8 Å². The van der Waals surface area contributed by atoms with Crippen molar-refractivity contribution in [2.75, 3.05) is 18.4 Å². The highest BCUT2D eigenvalue weighted by Gasteiger charge is 2.34. The third-order valence-electron chi connectivity index (χ3n) is 5.63. The molecule has 0 radical (unpaired) electrons. The van der Waals surface area contributed by atoms with Crippen LogP contribution in [0.3, 0.4) is 0 Å². The Bertz CT molecular complexity index is 634. The SMILES string of the molecule is CCCN(CC(=O)Nc1ccccc1C)C(=O)CC1CC2CCC(C1)N2. The highest BCUT2D eigenvalue weighted by Crippen LogP contribution is 2.33. The number of nitrogens with one attached hydrogen (secondary N) is 2. The van der Waals surface area contributed by atoms with Gasteiger partial charge >= 0.3 is 0 Å². The van der Waals surface area contributed by atoms with Crippen molar-refractivity contribution in [3.8, 4) is 0 Å². The third kappa shape index (κ3) is 4.85. The van der Waals surface area contributed by atoms with Crippen molar-refractivity contribution in [2.24, 2.45) is 5.92 Å². The summed E-state index contributed by atoms with van der Waals surface area (Å²) in [5, 5.41) is 6.56. The van der Waals surface area contributed by atoms with Crippen molar-refractivity contribution in [2.45, 2.75) is 64.5 Å². The normalized spacial score (nSPS) is 24.3. The summed E-state index contributed by atoms with van der Waals surface area (Å²) >= 11 is 0. The van der Waals surface area contributed by atoms with Gasteiger partial charge in [0.2, 0.25) is 11.8 Å². The van der Waals surface area contributed by atoms with E-state index in [4.69, 9.17) is 0 Å². The molecule has 2 heterocycles. The van der Waals surface area contributed by atoms with Gasteiger partial charge in [0.1, 0.15) is 0 Å². The number of hydrogen-bond donors (Lipinski definition) is 2. The highest BCUT2D eigenvalue weighted by atomic mass is 16.2. The average Bonchev–Trinajstić information content (AvgIpc) is 2.95. The lowest BCUT2D eigenvalue weighted by Gasteiger charge is -2.30. The first-order valence-corrected chi connectivity index (χ1v) is 9.94. The molecule has 142 valence electrons. The van der Waals surface area contributed by atoms with Crippen molar-refractivity contribution < 1.29 is 9.59 Å². The summed E-state index contributed by atoms with van der Waals surface area (Å²) in [6.45, 7) is 4.79. The molecule has 5 nitrogen and oxygen atoms in total. The van der Waals surface area contributed by atoms with Gasteiger partial charge in [0.25, 0.3) is 0 Å². The molecule has 2 amide bonds. The van der Waals surface area contributed by atoms with Crippen molar-refractivity contribution in [3.63, 3.8) is 0 Å². The number of carbonyl (C=O) groups excluding carboxylic acids is 2. The van der Waals surface area contributed by atoms with E-state index in [-0.39, 0.29) is 18.4 Å². The first-order chi connectivity index (χ1) is 12.5. The maximum atomic E-state index is 12.8. The molecule has 26 heavy (non-hydrogen) atoms. The topological polar surface area (TPSA) is 61.4 Å². The average molecular weight is 357 g/mol. The van der Waals surface area contributed by atoms with E-state index in [2.05, 4.69) is 10.6 Å². The van der Waals surface area contributed by atoms with Crippen LogP contribution in [-0.4, -0.2) is 41.9 Å². The number of carbonyl (C=O) groups is 2. The molecule has 2 fully saturated rings. The molecule has 2 aliphatic rings. The molecule has 0 saturated carbocycles. The zero-order chi connectivity index (χ0) is 18.5. The fourth-order valence-electron chi connectivity index (χ4n) is 4.36. The molecular weight excluding hydrogens is 326 g/mol. The minimum absolute atomic E-state index is 0.119. The van der Waals surface area contributed by atoms with Gasteiger partial charge in [0, 0.05) is 30.7 Å². The van der Waals surface area contributed by atoms with E-state index in [0.717, 1.165) is 30.5 Å². The van der Waals surface area contributed by atoms with Gasteiger partial charge in [0.15, 0.2) is 0 Å². The lowest BCUT2D eigenvalue weighted by Crippen LogP contribution is -2.42. The van der Waals surface area contributed by atoms with Gasteiger partial charge in [-0.25, -0.2) is 0 Å². The van der Waals surface area contributed by atoms with Crippen molar-refractivity contribution in [1.82, 2.24) is 10.2 Å². The van der Waals surface area contributed by atoms with Crippen molar-refractivity contribution in [1.29, 1.82) is 0 Å². The summed E-state index contributed by atoms with van der Waals surface area (Å²) in [6.07, 6.45) is 6.11. The van der Waals surface area contributed by atoms with Crippen LogP contribution in [0.15, 0.2) is 24.3 Å². The van der Waals surface area contributed by atoms with E-state index < -0.39 is 0 Å². The van der Waals surface area contributed by atoms with Crippen LogP contribution in [0.25, 0.3) is 0 Å². The zero-order valence-corrected chi connectivity index (χ0v) is 16.0. The Kier molecular flexibility index (Phi) is 6.30. The van der Waals surface area contributed by atoms with Gasteiger partial charge in [-0.2, -0.15) is 0 Å². The molecule has 5 heteroatoms. The second-order valence-electron chi connectivity index (χ2n) is 7.86. The molecule has 1 aromatic rings. The predicted molar refractivity (Wildman–Crippen MR) is 104 cm³/mol. The number of aryl methyl sites for hydroxylation is 1. The Morgan fingerprint density at radius 3 is 2.54 bits per heavy atom. The number of nitrogens with zero attached hydrogens (tertiary/aromatic N) is 1. The molecule has 0 aliphatic carbocycles. The van der Waals surface area contributed by atoms with Gasteiger partial charge in [-0.1, -0.05) is 25.1 Å². The Morgan fingerprint density at radius 1 is 1.19 bits per heavy atom. The number of anilines is 1. The minimum atomic E-state index is -0.119. The standard InChI is InChI=1S/C21H31N3O2/c1-3-10-24(14-20(25)23-19-7-5-4-6-15(19)2)21(26)13-16-11-17-8-9-18(12-16)22-17/h4-7,16-18,22H,3,8-14H2,1-2H3,(H,23,25). The first-order valence-electron chi connectivity index (χ1n) is 9.94. The van der Waals surface area contributed by atoms with Gasteiger partial charge in [-0.05, 0) is 56.6 Å². The fraction of sp³-hybridized carbons (Fsp3) is 0.619. The van der Waals surface area contributed by atoms with E-state index in [0.29, 0.717) is 31.0 Å². The van der Waals surface area contributed by atoms with Crippen LogP contribution in [0.5, 0.6) is 0 Å². The molecule has 2 unspecified atom stereocenters. The fourth-order valence-corrected chi connectivity index (χ4v) is 4.36. The number of benzene rings is 1. The van der Waals surface area contributed by atoms with Gasteiger partial charge < -0.3 is 15.5 Å². The van der Waals surface area contributed by atoms with Crippen LogP contribution in [0.2, 0.25) is 0 Å². The van der Waals surface area contributed by atoms with E-state index in [1.807, 2.05) is 38.1 Å². The Labute approximate surface area is 156 Å². The van der Waals surface area contributed by atoms with E-state index in [1.165, 1.54) is 12.8 Å².